The molecule has 3 fully saturated rings. The zero-order valence-electron chi connectivity index (χ0n) is 32.9. The molecule has 0 saturated carbocycles. The van der Waals surface area contributed by atoms with Crippen molar-refractivity contribution in [3.05, 3.63) is 118 Å². The summed E-state index contributed by atoms with van der Waals surface area (Å²) in [4.78, 5) is 81.5. The number of phenols is 1. The molecule has 0 radical (unpaired) electrons. The molecule has 13 nitrogen and oxygen atoms in total. The minimum Gasteiger partial charge on any atom is -0.508 e. The Kier molecular flexibility index (Phi) is 9.30. The molecule has 302 valence electrons. The van der Waals surface area contributed by atoms with Crippen molar-refractivity contribution in [1.29, 1.82) is 0 Å². The fraction of sp³-hybridized carbons (Fsp3) is 0.413. The monoisotopic (exact) mass is 793 g/mol. The first-order valence-electron chi connectivity index (χ1n) is 20.9. The fourth-order valence-electron chi connectivity index (χ4n) is 10.7. The third-order valence-electron chi connectivity index (χ3n) is 14.0. The number of imide groups is 2. The normalized spacial score (nSPS) is 23.9. The molecule has 0 bridgehead atoms. The molecule has 5 amide bonds. The number of rotatable bonds is 6. The number of fused-ring (bicyclic) bond motifs is 3. The number of anilines is 1. The van der Waals surface area contributed by atoms with E-state index < -0.39 is 29.7 Å². The number of amides is 5. The predicted molar refractivity (Wildman–Crippen MR) is 216 cm³/mol. The number of benzene rings is 3. The van der Waals surface area contributed by atoms with Crippen molar-refractivity contribution in [2.24, 2.45) is 5.41 Å². The first kappa shape index (κ1) is 37.3. The molecule has 10 rings (SSSR count). The number of hydrogen-bond donors (Lipinski definition) is 2. The summed E-state index contributed by atoms with van der Waals surface area (Å²) < 4.78 is 0. The van der Waals surface area contributed by atoms with Crippen LogP contribution in [0.2, 0.25) is 0 Å². The molecule has 1 unspecified atom stereocenters. The molecule has 3 aromatic carbocycles. The molecular weight excluding hydrogens is 747 g/mol. The summed E-state index contributed by atoms with van der Waals surface area (Å²) in [5.41, 5.74) is 7.35. The number of aryl methyl sites for hydroxylation is 1. The zero-order chi connectivity index (χ0) is 40.4. The Balaban J connectivity index is 0.732. The lowest BCUT2D eigenvalue weighted by Gasteiger charge is -2.47. The van der Waals surface area contributed by atoms with Crippen molar-refractivity contribution >= 4 is 35.5 Å². The van der Waals surface area contributed by atoms with Gasteiger partial charge in [0.1, 0.15) is 11.8 Å². The number of aromatic nitrogens is 2. The van der Waals surface area contributed by atoms with Crippen molar-refractivity contribution in [2.75, 3.05) is 37.6 Å². The second kappa shape index (κ2) is 14.7. The quantitative estimate of drug-likeness (QED) is 0.263. The number of carbonyl (C=O) groups is 5. The number of piperidine rings is 3. The third kappa shape index (κ3) is 6.74. The second-order valence-corrected chi connectivity index (χ2v) is 17.4. The minimum absolute atomic E-state index is 0.0764. The first-order valence-corrected chi connectivity index (χ1v) is 20.9. The van der Waals surface area contributed by atoms with Crippen LogP contribution >= 0.6 is 0 Å². The number of nitrogens with one attached hydrogen (secondary N) is 1. The summed E-state index contributed by atoms with van der Waals surface area (Å²) in [7, 11) is 0. The average Bonchev–Trinajstić information content (AvgIpc) is 3.75. The maximum Gasteiger partial charge on any atom is 0.262 e. The van der Waals surface area contributed by atoms with E-state index in [1.54, 1.807) is 18.2 Å². The summed E-state index contributed by atoms with van der Waals surface area (Å²) in [6.45, 7) is 4.45. The van der Waals surface area contributed by atoms with Gasteiger partial charge in [-0.1, -0.05) is 36.4 Å². The van der Waals surface area contributed by atoms with Crippen molar-refractivity contribution in [2.45, 2.75) is 82.3 Å². The molecule has 3 atom stereocenters. The van der Waals surface area contributed by atoms with E-state index in [4.69, 9.17) is 9.97 Å². The molecule has 3 saturated heterocycles. The van der Waals surface area contributed by atoms with Crippen LogP contribution in [0, 0.1) is 5.41 Å². The molecule has 6 heterocycles. The molecule has 2 N–H and O–H groups in total. The second-order valence-electron chi connectivity index (χ2n) is 17.4. The van der Waals surface area contributed by atoms with Gasteiger partial charge in [-0.2, -0.15) is 0 Å². The van der Waals surface area contributed by atoms with Gasteiger partial charge in [0, 0.05) is 64.0 Å². The Morgan fingerprint density at radius 1 is 0.763 bits per heavy atom. The number of nitrogens with zero attached hydrogens (tertiary/aromatic N) is 6. The Hall–Kier alpha value is -5.95. The van der Waals surface area contributed by atoms with Crippen LogP contribution in [-0.2, 0) is 33.9 Å². The van der Waals surface area contributed by atoms with E-state index in [0.29, 0.717) is 24.8 Å². The van der Waals surface area contributed by atoms with Crippen LogP contribution in [0.4, 0.5) is 5.95 Å². The van der Waals surface area contributed by atoms with Crippen LogP contribution in [-0.4, -0.2) is 98.1 Å². The maximum atomic E-state index is 13.6. The fourth-order valence-corrected chi connectivity index (χ4v) is 10.7. The average molecular weight is 794 g/mol. The number of phenolic OH excluding ortho intramolecular Hbond substituents is 1. The van der Waals surface area contributed by atoms with Gasteiger partial charge < -0.3 is 14.9 Å². The lowest BCUT2D eigenvalue weighted by Crippen LogP contribution is -2.54. The zero-order valence-corrected chi connectivity index (χ0v) is 32.9. The highest BCUT2D eigenvalue weighted by molar-refractivity contribution is 6.23. The van der Waals surface area contributed by atoms with Gasteiger partial charge in [-0.25, -0.2) is 9.97 Å². The molecule has 1 aliphatic carbocycles. The van der Waals surface area contributed by atoms with E-state index in [0.717, 1.165) is 92.2 Å². The maximum absolute atomic E-state index is 13.6. The molecular formula is C46H47N7O6. The van der Waals surface area contributed by atoms with Gasteiger partial charge in [0.15, 0.2) is 0 Å². The van der Waals surface area contributed by atoms with Crippen LogP contribution in [0.25, 0.3) is 0 Å². The van der Waals surface area contributed by atoms with E-state index in [2.05, 4.69) is 51.5 Å². The first-order chi connectivity index (χ1) is 28.6. The van der Waals surface area contributed by atoms with Gasteiger partial charge in [0.25, 0.3) is 11.8 Å². The Bertz CT molecular complexity index is 2320. The SMILES string of the molecule is O=C1CCC(N2C(=O)c3cc4c(cc3C2=O)CN(CC(=O)N2CCC3(CC2)CCN(c2ncc([C@@H]5c6ccc(O)cc6CC[C@@H]5c5ccccc5)cn2)CC3)C4)C(=O)N1. The molecule has 1 spiro atoms. The van der Waals surface area contributed by atoms with Crippen molar-refractivity contribution in [3.63, 3.8) is 0 Å². The Labute approximate surface area is 342 Å². The molecule has 1 aromatic heterocycles. The summed E-state index contributed by atoms with van der Waals surface area (Å²) in [6.07, 6.45) is 10.1. The summed E-state index contributed by atoms with van der Waals surface area (Å²) in [5, 5.41) is 12.5. The summed E-state index contributed by atoms with van der Waals surface area (Å²) in [6, 6.07) is 18.9. The number of aromatic hydroxyl groups is 1. The van der Waals surface area contributed by atoms with Gasteiger partial charge in [0.05, 0.1) is 17.7 Å². The van der Waals surface area contributed by atoms with Gasteiger partial charge in [-0.3, -0.25) is 39.1 Å². The van der Waals surface area contributed by atoms with Crippen LogP contribution in [0.5, 0.6) is 5.75 Å². The number of likely N-dealkylation sites (tertiary alicyclic amines) is 1. The molecule has 4 aromatic rings. The molecule has 5 aliphatic heterocycles. The van der Waals surface area contributed by atoms with Gasteiger partial charge in [0.2, 0.25) is 23.7 Å². The van der Waals surface area contributed by atoms with E-state index in [9.17, 15) is 29.1 Å². The van der Waals surface area contributed by atoms with Crippen molar-refractivity contribution < 1.29 is 29.1 Å². The minimum atomic E-state index is -0.995. The van der Waals surface area contributed by atoms with Crippen molar-refractivity contribution in [1.82, 2.24) is 30.0 Å². The Morgan fingerprint density at radius 3 is 2.08 bits per heavy atom. The largest absolute Gasteiger partial charge is 0.508 e. The highest BCUT2D eigenvalue weighted by atomic mass is 16.3. The molecule has 6 aliphatic rings. The van der Waals surface area contributed by atoms with Crippen LogP contribution in [0.15, 0.2) is 73.1 Å². The predicted octanol–water partition coefficient (Wildman–Crippen LogP) is 4.67. The lowest BCUT2D eigenvalue weighted by molar-refractivity contribution is -0.137. The topological polar surface area (TPSA) is 156 Å². The summed E-state index contributed by atoms with van der Waals surface area (Å²) >= 11 is 0. The van der Waals surface area contributed by atoms with E-state index >= 15 is 0 Å². The van der Waals surface area contributed by atoms with Gasteiger partial charge >= 0.3 is 0 Å². The third-order valence-corrected chi connectivity index (χ3v) is 14.0. The van der Waals surface area contributed by atoms with E-state index in [-0.39, 0.29) is 47.8 Å². The molecule has 59 heavy (non-hydrogen) atoms. The Morgan fingerprint density at radius 2 is 1.42 bits per heavy atom. The van der Waals surface area contributed by atoms with Crippen molar-refractivity contribution in [3.8, 4) is 5.75 Å². The lowest BCUT2D eigenvalue weighted by atomic mass is 9.70. The van der Waals surface area contributed by atoms with E-state index in [1.807, 2.05) is 23.4 Å². The van der Waals surface area contributed by atoms with Gasteiger partial charge in [-0.05, 0) is 114 Å². The van der Waals surface area contributed by atoms with Gasteiger partial charge in [-0.15, -0.1) is 0 Å². The highest BCUT2D eigenvalue weighted by Gasteiger charge is 2.46. The summed E-state index contributed by atoms with van der Waals surface area (Å²) in [5.74, 6) is -0.516. The van der Waals surface area contributed by atoms with Crippen LogP contribution in [0.3, 0.4) is 0 Å². The van der Waals surface area contributed by atoms with E-state index in [1.165, 1.54) is 16.7 Å². The number of hydrogen-bond acceptors (Lipinski definition) is 10. The standard InChI is InChI=1S/C46H47N7O6/c54-33-7-9-35-29(20-33)6-8-34(28-4-2-1-3-5-28)41(35)32-23-47-45(48-24-32)52-18-14-46(15-19-52)12-16-51(17-13-46)40(56)27-50-25-30-21-36-37(22-31(30)26-50)44(59)53(43(36)58)38-10-11-39(55)49-42(38)57/h1-5,7,9,20-24,34,38,41,54H,6,8,10-19,25-27H2,(H,49,55,57)/t34-,38?,41+/m1/s1. The van der Waals surface area contributed by atoms with Crippen LogP contribution < -0.4 is 10.2 Å². The van der Waals surface area contributed by atoms with Crippen LogP contribution in [0.1, 0.15) is 111 Å². The smallest absolute Gasteiger partial charge is 0.262 e. The molecule has 13 heteroatoms. The highest BCUT2D eigenvalue weighted by Crippen LogP contribution is 2.47. The number of carbonyl (C=O) groups excluding carboxylic acids is 5.